The molecule has 2 atom stereocenters. The number of fused-ring (bicyclic) bond motifs is 2. The van der Waals surface area contributed by atoms with E-state index in [0.717, 1.165) is 19.3 Å². The quantitative estimate of drug-likeness (QED) is 0.864. The van der Waals surface area contributed by atoms with Gasteiger partial charge in [-0.3, -0.25) is 0 Å². The molecule has 2 fully saturated rings. The fraction of sp³-hybridized carbons (Fsp3) is 0.600. The molecule has 0 spiro atoms. The van der Waals surface area contributed by atoms with Crippen LogP contribution in [0.15, 0.2) is 24.3 Å². The molecular formula is C15H20OS. The van der Waals surface area contributed by atoms with Crippen LogP contribution in [-0.2, 0) is 12.0 Å². The molecule has 3 rings (SSSR count). The summed E-state index contributed by atoms with van der Waals surface area (Å²) in [7, 11) is 0. The van der Waals surface area contributed by atoms with Crippen molar-refractivity contribution in [1.82, 2.24) is 0 Å². The monoisotopic (exact) mass is 248 g/mol. The second kappa shape index (κ2) is 4.33. The average Bonchev–Trinajstić information content (AvgIpc) is 2.69. The minimum Gasteiger partial charge on any atom is -0.385 e. The Labute approximate surface area is 108 Å². The number of hydrogen-bond acceptors (Lipinski definition) is 2. The minimum absolute atomic E-state index is 0.552. The lowest BCUT2D eigenvalue weighted by molar-refractivity contribution is 0.0188. The first-order valence-corrected chi connectivity index (χ1v) is 7.62. The summed E-state index contributed by atoms with van der Waals surface area (Å²) in [6.07, 6.45) is 5.51. The van der Waals surface area contributed by atoms with Gasteiger partial charge in [0.15, 0.2) is 0 Å². The lowest BCUT2D eigenvalue weighted by Gasteiger charge is -2.37. The van der Waals surface area contributed by atoms with E-state index < -0.39 is 5.60 Å². The molecule has 0 amide bonds. The predicted octanol–water partition coefficient (Wildman–Crippen LogP) is 3.49. The normalized spacial score (nSPS) is 36.1. The fourth-order valence-corrected chi connectivity index (χ4v) is 5.25. The van der Waals surface area contributed by atoms with E-state index in [-0.39, 0.29) is 0 Å². The molecule has 2 unspecified atom stereocenters. The van der Waals surface area contributed by atoms with E-state index in [9.17, 15) is 5.11 Å². The second-order valence-corrected chi connectivity index (χ2v) is 7.01. The van der Waals surface area contributed by atoms with Gasteiger partial charge in [0.25, 0.3) is 0 Å². The summed E-state index contributed by atoms with van der Waals surface area (Å²) in [6.45, 7) is 2.17. The largest absolute Gasteiger partial charge is 0.385 e. The van der Waals surface area contributed by atoms with E-state index in [2.05, 4.69) is 43.0 Å². The topological polar surface area (TPSA) is 20.2 Å². The number of benzene rings is 1. The predicted molar refractivity (Wildman–Crippen MR) is 73.4 cm³/mol. The molecule has 1 nitrogen and oxygen atoms in total. The highest BCUT2D eigenvalue weighted by Crippen LogP contribution is 2.51. The van der Waals surface area contributed by atoms with Gasteiger partial charge in [-0.1, -0.05) is 31.2 Å². The van der Waals surface area contributed by atoms with Gasteiger partial charge in [-0.25, -0.2) is 0 Å². The third-order valence-electron chi connectivity index (χ3n) is 4.23. The molecule has 2 aliphatic rings. The van der Waals surface area contributed by atoms with Crippen LogP contribution < -0.4 is 0 Å². The molecule has 17 heavy (non-hydrogen) atoms. The average molecular weight is 248 g/mol. The van der Waals surface area contributed by atoms with Gasteiger partial charge in [0.2, 0.25) is 0 Å². The van der Waals surface area contributed by atoms with Gasteiger partial charge >= 0.3 is 0 Å². The molecule has 2 bridgehead atoms. The molecule has 92 valence electrons. The highest BCUT2D eigenvalue weighted by Gasteiger charge is 2.44. The highest BCUT2D eigenvalue weighted by atomic mass is 32.2. The summed E-state index contributed by atoms with van der Waals surface area (Å²) in [4.78, 5) is 0. The summed E-state index contributed by atoms with van der Waals surface area (Å²) in [5, 5.41) is 12.4. The standard InChI is InChI=1S/C15H20OS/c1-2-11-5-3-4-6-14(11)15(16)9-12-7-8-13(10-15)17-12/h3-6,12-13,16H,2,7-10H2,1H3. The number of thioether (sulfide) groups is 1. The van der Waals surface area contributed by atoms with Crippen LogP contribution in [-0.4, -0.2) is 15.6 Å². The Kier molecular flexibility index (Phi) is 2.95. The third-order valence-corrected chi connectivity index (χ3v) is 5.80. The van der Waals surface area contributed by atoms with Crippen LogP contribution in [0, 0.1) is 0 Å². The molecule has 0 aliphatic carbocycles. The zero-order chi connectivity index (χ0) is 11.9. The van der Waals surface area contributed by atoms with Crippen molar-refractivity contribution in [2.45, 2.75) is 55.1 Å². The van der Waals surface area contributed by atoms with Crippen LogP contribution in [0.5, 0.6) is 0 Å². The summed E-state index contributed by atoms with van der Waals surface area (Å²) < 4.78 is 0. The molecule has 2 saturated heterocycles. The number of aliphatic hydroxyl groups is 1. The van der Waals surface area contributed by atoms with Crippen LogP contribution >= 0.6 is 11.8 Å². The first kappa shape index (κ1) is 11.6. The Morgan fingerprint density at radius 3 is 2.53 bits per heavy atom. The molecule has 1 aromatic carbocycles. The Balaban J connectivity index is 1.96. The smallest absolute Gasteiger partial charge is 0.0920 e. The highest BCUT2D eigenvalue weighted by molar-refractivity contribution is 8.00. The van der Waals surface area contributed by atoms with Crippen molar-refractivity contribution >= 4 is 11.8 Å². The van der Waals surface area contributed by atoms with Gasteiger partial charge in [-0.2, -0.15) is 11.8 Å². The molecule has 1 N–H and O–H groups in total. The first-order valence-electron chi connectivity index (χ1n) is 6.67. The molecule has 1 aromatic rings. The van der Waals surface area contributed by atoms with E-state index in [1.54, 1.807) is 0 Å². The molecule has 2 heteroatoms. The van der Waals surface area contributed by atoms with E-state index in [1.807, 2.05) is 0 Å². The molecule has 2 aliphatic heterocycles. The van der Waals surface area contributed by atoms with Gasteiger partial charge in [0.1, 0.15) is 0 Å². The molecule has 0 saturated carbocycles. The van der Waals surface area contributed by atoms with Crippen molar-refractivity contribution in [2.75, 3.05) is 0 Å². The molecule has 0 aromatic heterocycles. The van der Waals surface area contributed by atoms with E-state index >= 15 is 0 Å². The van der Waals surface area contributed by atoms with E-state index in [4.69, 9.17) is 0 Å². The van der Waals surface area contributed by atoms with Gasteiger partial charge in [0.05, 0.1) is 5.60 Å². The fourth-order valence-electron chi connectivity index (χ4n) is 3.42. The van der Waals surface area contributed by atoms with Crippen molar-refractivity contribution in [3.63, 3.8) is 0 Å². The number of rotatable bonds is 2. The number of aryl methyl sites for hydroxylation is 1. The Morgan fingerprint density at radius 1 is 1.24 bits per heavy atom. The maximum absolute atomic E-state index is 11.0. The van der Waals surface area contributed by atoms with Crippen molar-refractivity contribution < 1.29 is 5.11 Å². The van der Waals surface area contributed by atoms with Crippen LogP contribution in [0.25, 0.3) is 0 Å². The van der Waals surface area contributed by atoms with Gasteiger partial charge in [-0.15, -0.1) is 0 Å². The maximum atomic E-state index is 11.0. The van der Waals surface area contributed by atoms with E-state index in [0.29, 0.717) is 10.5 Å². The van der Waals surface area contributed by atoms with E-state index in [1.165, 1.54) is 24.0 Å². The van der Waals surface area contributed by atoms with Crippen LogP contribution in [0.2, 0.25) is 0 Å². The Morgan fingerprint density at radius 2 is 1.88 bits per heavy atom. The zero-order valence-corrected chi connectivity index (χ0v) is 11.2. The van der Waals surface area contributed by atoms with Crippen molar-refractivity contribution in [3.8, 4) is 0 Å². The van der Waals surface area contributed by atoms with Crippen LogP contribution in [0.1, 0.15) is 43.7 Å². The van der Waals surface area contributed by atoms with Gasteiger partial charge < -0.3 is 5.11 Å². The summed E-state index contributed by atoms with van der Waals surface area (Å²) in [5.74, 6) is 0. The van der Waals surface area contributed by atoms with Gasteiger partial charge in [0, 0.05) is 10.5 Å². The SMILES string of the molecule is CCc1ccccc1C1(O)CC2CCC(C1)S2. The number of hydrogen-bond donors (Lipinski definition) is 1. The van der Waals surface area contributed by atoms with Crippen LogP contribution in [0.3, 0.4) is 0 Å². The van der Waals surface area contributed by atoms with Crippen molar-refractivity contribution in [1.29, 1.82) is 0 Å². The molecular weight excluding hydrogens is 228 g/mol. The summed E-state index contributed by atoms with van der Waals surface area (Å²) in [5.41, 5.74) is 1.96. The Hall–Kier alpha value is -0.470. The lowest BCUT2D eigenvalue weighted by Crippen LogP contribution is -2.35. The minimum atomic E-state index is -0.552. The van der Waals surface area contributed by atoms with Crippen molar-refractivity contribution in [3.05, 3.63) is 35.4 Å². The maximum Gasteiger partial charge on any atom is 0.0920 e. The summed E-state index contributed by atoms with van der Waals surface area (Å²) >= 11 is 2.10. The third kappa shape index (κ3) is 2.02. The molecule has 0 radical (unpaired) electrons. The first-order chi connectivity index (χ1) is 8.21. The lowest BCUT2D eigenvalue weighted by atomic mass is 9.82. The summed E-state index contributed by atoms with van der Waals surface area (Å²) in [6, 6.07) is 8.44. The zero-order valence-electron chi connectivity index (χ0n) is 10.4. The molecule has 2 heterocycles. The Bertz CT molecular complexity index is 403. The van der Waals surface area contributed by atoms with Crippen molar-refractivity contribution in [2.24, 2.45) is 0 Å². The van der Waals surface area contributed by atoms with Crippen LogP contribution in [0.4, 0.5) is 0 Å². The van der Waals surface area contributed by atoms with Gasteiger partial charge in [-0.05, 0) is 43.2 Å². The second-order valence-electron chi connectivity index (χ2n) is 5.41.